The van der Waals surface area contributed by atoms with Gasteiger partial charge in [0.15, 0.2) is 18.2 Å². The number of para-hydroxylation sites is 1. The van der Waals surface area contributed by atoms with Crippen molar-refractivity contribution in [1.82, 2.24) is 0 Å². The van der Waals surface area contributed by atoms with Crippen molar-refractivity contribution in [3.63, 3.8) is 0 Å². The first-order valence-corrected chi connectivity index (χ1v) is 17.2. The molecule has 0 fully saturated rings. The summed E-state index contributed by atoms with van der Waals surface area (Å²) in [4.78, 5) is 32.8. The largest absolute Gasteiger partial charge is 0.333 e. The predicted molar refractivity (Wildman–Crippen MR) is 188 cm³/mol. The van der Waals surface area contributed by atoms with Crippen LogP contribution in [0.3, 0.4) is 0 Å². The van der Waals surface area contributed by atoms with Crippen molar-refractivity contribution in [3.05, 3.63) is 132 Å². The number of rotatable bonds is 9. The highest BCUT2D eigenvalue weighted by Gasteiger charge is 2.23. The van der Waals surface area contributed by atoms with E-state index in [1.54, 1.807) is 18.3 Å². The summed E-state index contributed by atoms with van der Waals surface area (Å²) >= 11 is 5.45. The zero-order valence-electron chi connectivity index (χ0n) is 24.6. The number of amides is 1. The van der Waals surface area contributed by atoms with Gasteiger partial charge in [-0.15, -0.1) is 34.0 Å². The average molecular weight is 645 g/mol. The molecule has 222 valence electrons. The number of nitrogens with one attached hydrogen (secondary N) is 1. The van der Waals surface area contributed by atoms with Crippen LogP contribution in [0.1, 0.15) is 23.6 Å². The number of hydrogen-bond acceptors (Lipinski definition) is 6. The lowest BCUT2D eigenvalue weighted by molar-refractivity contribution is -0.684. The Kier molecular flexibility index (Phi) is 8.26. The number of carbonyl (C=O) groups excluding carboxylic acids is 2. The Labute approximate surface area is 274 Å². The third kappa shape index (κ3) is 6.44. The summed E-state index contributed by atoms with van der Waals surface area (Å²) in [6, 6.07) is 32.9. The summed E-state index contributed by atoms with van der Waals surface area (Å²) in [5, 5.41) is 6.40. The van der Waals surface area contributed by atoms with Gasteiger partial charge in [0.2, 0.25) is 6.54 Å². The van der Waals surface area contributed by atoms with Gasteiger partial charge in [0.1, 0.15) is 0 Å². The first kappa shape index (κ1) is 29.1. The minimum Gasteiger partial charge on any atom is -0.333 e. The van der Waals surface area contributed by atoms with Gasteiger partial charge in [-0.3, -0.25) is 9.59 Å². The quantitative estimate of drug-likeness (QED) is 0.126. The number of carbonyl (C=O) groups is 2. The van der Waals surface area contributed by atoms with E-state index in [0.29, 0.717) is 12.1 Å². The van der Waals surface area contributed by atoms with E-state index in [1.807, 2.05) is 88.2 Å². The number of anilines is 3. The molecule has 7 rings (SSSR count). The van der Waals surface area contributed by atoms with Crippen LogP contribution in [-0.4, -0.2) is 18.2 Å². The van der Waals surface area contributed by atoms with Crippen molar-refractivity contribution in [2.24, 2.45) is 0 Å². The van der Waals surface area contributed by atoms with Crippen molar-refractivity contribution in [1.29, 1.82) is 0 Å². The van der Waals surface area contributed by atoms with Crippen LogP contribution in [0.15, 0.2) is 115 Å². The number of ketones is 1. The van der Waals surface area contributed by atoms with Crippen LogP contribution in [0.5, 0.6) is 0 Å². The lowest BCUT2D eigenvalue weighted by Crippen LogP contribution is -2.36. The standard InChI is InChI=1S/C37H29N3O2S3/c1-25(41)24-39-18-15-27(16-19-39)30(37(42)38-29-6-3-2-4-7-29)23-26-9-10-31-28(22-26)17-20-40(31)36-14-13-35(45-36)34-12-11-33(44-34)32-8-5-21-43-32/h2-16,18-19,21-23H,17,20,24H2,1H3/p+1. The monoisotopic (exact) mass is 644 g/mol. The third-order valence-electron chi connectivity index (χ3n) is 7.66. The molecule has 0 saturated heterocycles. The van der Waals surface area contributed by atoms with Crippen molar-refractivity contribution in [2.45, 2.75) is 19.9 Å². The third-order valence-corrected chi connectivity index (χ3v) is 11.1. The van der Waals surface area contributed by atoms with E-state index in [2.05, 4.69) is 70.2 Å². The maximum Gasteiger partial charge on any atom is 0.256 e. The summed E-state index contributed by atoms with van der Waals surface area (Å²) in [6.45, 7) is 2.78. The molecule has 45 heavy (non-hydrogen) atoms. The Morgan fingerprint density at radius 3 is 2.36 bits per heavy atom. The number of Topliss-reactive ketones (excluding diaryl/α,β-unsaturated/α-hetero) is 1. The molecule has 8 heteroatoms. The molecule has 0 spiro atoms. The van der Waals surface area contributed by atoms with Crippen molar-refractivity contribution in [3.8, 4) is 19.5 Å². The maximum absolute atomic E-state index is 13.6. The first-order valence-electron chi connectivity index (χ1n) is 14.7. The van der Waals surface area contributed by atoms with Crippen molar-refractivity contribution < 1.29 is 14.2 Å². The number of nitrogens with zero attached hydrogens (tertiary/aromatic N) is 2. The lowest BCUT2D eigenvalue weighted by Gasteiger charge is -2.17. The van der Waals surface area contributed by atoms with Gasteiger partial charge in [0.25, 0.3) is 5.91 Å². The molecule has 0 atom stereocenters. The fourth-order valence-corrected chi connectivity index (χ4v) is 8.51. The second kappa shape index (κ2) is 12.8. The van der Waals surface area contributed by atoms with E-state index in [9.17, 15) is 9.59 Å². The van der Waals surface area contributed by atoms with Crippen LogP contribution in [0, 0.1) is 0 Å². The van der Waals surface area contributed by atoms with Crippen LogP contribution in [0.4, 0.5) is 16.4 Å². The second-order valence-electron chi connectivity index (χ2n) is 10.9. The number of fused-ring (bicyclic) bond motifs is 1. The number of aromatic nitrogens is 1. The number of benzene rings is 2. The summed E-state index contributed by atoms with van der Waals surface area (Å²) in [6.07, 6.45) is 6.58. The van der Waals surface area contributed by atoms with Gasteiger partial charge in [-0.2, -0.15) is 4.57 Å². The molecule has 5 heterocycles. The molecule has 0 saturated carbocycles. The molecule has 0 aliphatic carbocycles. The normalized spacial score (nSPS) is 12.7. The fourth-order valence-electron chi connectivity index (χ4n) is 5.53. The van der Waals surface area contributed by atoms with Gasteiger partial charge < -0.3 is 10.2 Å². The number of thiophene rings is 3. The smallest absolute Gasteiger partial charge is 0.256 e. The van der Waals surface area contributed by atoms with E-state index in [4.69, 9.17) is 0 Å². The van der Waals surface area contributed by atoms with Crippen LogP contribution in [-0.2, 0) is 22.6 Å². The fraction of sp³-hybridized carbons (Fsp3) is 0.108. The zero-order chi connectivity index (χ0) is 30.8. The first-order chi connectivity index (χ1) is 22.0. The number of pyridine rings is 1. The molecule has 0 radical (unpaired) electrons. The van der Waals surface area contributed by atoms with Crippen LogP contribution >= 0.6 is 34.0 Å². The van der Waals surface area contributed by atoms with E-state index >= 15 is 0 Å². The van der Waals surface area contributed by atoms with Gasteiger partial charge in [0.05, 0.1) is 5.00 Å². The van der Waals surface area contributed by atoms with Crippen LogP contribution in [0.2, 0.25) is 0 Å². The molecule has 0 unspecified atom stereocenters. The Hall–Kier alpha value is -4.63. The van der Waals surface area contributed by atoms with E-state index in [-0.39, 0.29) is 11.7 Å². The topological polar surface area (TPSA) is 53.3 Å². The summed E-state index contributed by atoms with van der Waals surface area (Å²) in [5.74, 6) is -0.110. The van der Waals surface area contributed by atoms with Gasteiger partial charge in [-0.25, -0.2) is 0 Å². The Bertz CT molecular complexity index is 2010. The van der Waals surface area contributed by atoms with Crippen LogP contribution in [0.25, 0.3) is 31.2 Å². The van der Waals surface area contributed by atoms with E-state index in [1.165, 1.54) is 35.8 Å². The van der Waals surface area contributed by atoms with Gasteiger partial charge in [-0.05, 0) is 89.2 Å². The molecule has 0 bridgehead atoms. The van der Waals surface area contributed by atoms with Gasteiger partial charge in [-0.1, -0.05) is 30.3 Å². The molecule has 1 aliphatic heterocycles. The lowest BCUT2D eigenvalue weighted by atomic mass is 10.0. The molecule has 1 N–H and O–H groups in total. The minimum atomic E-state index is -0.186. The molecule has 5 nitrogen and oxygen atoms in total. The highest BCUT2D eigenvalue weighted by molar-refractivity contribution is 7.27. The Morgan fingerprint density at radius 1 is 0.844 bits per heavy atom. The zero-order valence-corrected chi connectivity index (χ0v) is 27.1. The molecule has 1 aliphatic rings. The Morgan fingerprint density at radius 2 is 1.60 bits per heavy atom. The Balaban J connectivity index is 1.15. The summed E-state index contributed by atoms with van der Waals surface area (Å²) in [7, 11) is 0. The molecular weight excluding hydrogens is 615 g/mol. The molecule has 2 aromatic carbocycles. The minimum absolute atomic E-state index is 0.0751. The maximum atomic E-state index is 13.6. The van der Waals surface area contributed by atoms with Crippen molar-refractivity contribution >= 4 is 73.7 Å². The van der Waals surface area contributed by atoms with Gasteiger partial charge in [0, 0.05) is 62.1 Å². The van der Waals surface area contributed by atoms with Crippen LogP contribution < -0.4 is 14.8 Å². The van der Waals surface area contributed by atoms with Crippen molar-refractivity contribution in [2.75, 3.05) is 16.8 Å². The highest BCUT2D eigenvalue weighted by atomic mass is 32.1. The van der Waals surface area contributed by atoms with E-state index in [0.717, 1.165) is 29.8 Å². The second-order valence-corrected chi connectivity index (χ2v) is 14.0. The highest BCUT2D eigenvalue weighted by Crippen LogP contribution is 2.44. The number of hydrogen-bond donors (Lipinski definition) is 1. The molecular formula is C37H30N3O2S3+. The molecule has 6 aromatic rings. The predicted octanol–water partition coefficient (Wildman–Crippen LogP) is 8.96. The molecule has 1 amide bonds. The summed E-state index contributed by atoms with van der Waals surface area (Å²) in [5.41, 5.74) is 5.54. The SMILES string of the molecule is CC(=O)C[n+]1ccc(/C(=C/c2ccc3c(c2)CCN3c2ccc(-c3ccc(-c4cccs4)s3)s2)C(=O)Nc2ccccc2)cc1. The summed E-state index contributed by atoms with van der Waals surface area (Å²) < 4.78 is 1.82. The molecule has 4 aromatic heterocycles. The average Bonchev–Trinajstić information content (AvgIpc) is 3.87. The van der Waals surface area contributed by atoms with Gasteiger partial charge >= 0.3 is 0 Å². The van der Waals surface area contributed by atoms with E-state index < -0.39 is 0 Å².